The summed E-state index contributed by atoms with van der Waals surface area (Å²) in [5.41, 5.74) is 0. The van der Waals surface area contributed by atoms with Gasteiger partial charge in [-0.3, -0.25) is 0 Å². The van der Waals surface area contributed by atoms with Gasteiger partial charge in [-0.2, -0.15) is 0 Å². The van der Waals surface area contributed by atoms with E-state index in [0.717, 1.165) is 5.76 Å². The fourth-order valence-electron chi connectivity index (χ4n) is 1.10. The van der Waals surface area contributed by atoms with Crippen molar-refractivity contribution in [1.29, 1.82) is 0 Å². The summed E-state index contributed by atoms with van der Waals surface area (Å²) in [6, 6.07) is 4.03. The molecule has 0 radical (unpaired) electrons. The molecule has 0 aliphatic heterocycles. The highest BCUT2D eigenvalue weighted by Crippen LogP contribution is 2.12. The molecule has 1 rings (SSSR count). The van der Waals surface area contributed by atoms with Crippen molar-refractivity contribution >= 4 is 0 Å². The van der Waals surface area contributed by atoms with E-state index >= 15 is 0 Å². The van der Waals surface area contributed by atoms with Crippen molar-refractivity contribution < 1.29 is 9.52 Å². The minimum Gasteiger partial charge on any atom is -0.468 e. The van der Waals surface area contributed by atoms with Gasteiger partial charge in [0.15, 0.2) is 0 Å². The van der Waals surface area contributed by atoms with E-state index in [1.54, 1.807) is 6.26 Å². The summed E-state index contributed by atoms with van der Waals surface area (Å²) in [4.78, 5) is 0. The van der Waals surface area contributed by atoms with Crippen LogP contribution in [0.3, 0.4) is 0 Å². The Hall–Kier alpha value is -0.800. The van der Waals surface area contributed by atoms with E-state index in [9.17, 15) is 0 Å². The van der Waals surface area contributed by atoms with Crippen molar-refractivity contribution in [2.75, 3.05) is 6.61 Å². The van der Waals surface area contributed by atoms with E-state index in [-0.39, 0.29) is 18.7 Å². The van der Waals surface area contributed by atoms with Gasteiger partial charge in [0.25, 0.3) is 0 Å². The van der Waals surface area contributed by atoms with Gasteiger partial charge in [0, 0.05) is 6.04 Å². The first-order valence-corrected chi connectivity index (χ1v) is 4.14. The van der Waals surface area contributed by atoms with Gasteiger partial charge in [0.05, 0.1) is 18.9 Å². The zero-order valence-corrected chi connectivity index (χ0v) is 7.45. The number of hydrogen-bond donors (Lipinski definition) is 2. The summed E-state index contributed by atoms with van der Waals surface area (Å²) in [5.74, 6) is 0.898. The van der Waals surface area contributed by atoms with Gasteiger partial charge in [-0.25, -0.2) is 0 Å². The number of hydrogen-bond acceptors (Lipinski definition) is 3. The maximum Gasteiger partial charge on any atom is 0.120 e. The van der Waals surface area contributed by atoms with Crippen LogP contribution in [0.2, 0.25) is 0 Å². The fraction of sp³-hybridized carbons (Fsp3) is 0.556. The Bertz CT molecular complexity index is 208. The van der Waals surface area contributed by atoms with Gasteiger partial charge >= 0.3 is 0 Å². The fourth-order valence-corrected chi connectivity index (χ4v) is 1.10. The van der Waals surface area contributed by atoms with Crippen molar-refractivity contribution in [3.8, 4) is 0 Å². The molecular weight excluding hydrogens is 154 g/mol. The minimum atomic E-state index is 0.102. The van der Waals surface area contributed by atoms with Crippen LogP contribution in [0, 0.1) is 0 Å². The second kappa shape index (κ2) is 4.28. The zero-order valence-electron chi connectivity index (χ0n) is 7.45. The van der Waals surface area contributed by atoms with Crippen LogP contribution in [0.4, 0.5) is 0 Å². The van der Waals surface area contributed by atoms with Crippen LogP contribution in [0.1, 0.15) is 25.6 Å². The largest absolute Gasteiger partial charge is 0.468 e. The molecule has 0 fully saturated rings. The van der Waals surface area contributed by atoms with E-state index in [2.05, 4.69) is 5.32 Å². The molecule has 1 heterocycles. The van der Waals surface area contributed by atoms with Gasteiger partial charge in [0.1, 0.15) is 5.76 Å². The Morgan fingerprint density at radius 3 is 2.83 bits per heavy atom. The average molecular weight is 169 g/mol. The molecular formula is C9H15NO2. The number of rotatable bonds is 4. The van der Waals surface area contributed by atoms with Gasteiger partial charge in [0.2, 0.25) is 0 Å². The second-order valence-electron chi connectivity index (χ2n) is 2.99. The van der Waals surface area contributed by atoms with Crippen LogP contribution in [0.25, 0.3) is 0 Å². The molecule has 0 aliphatic rings. The number of nitrogens with one attached hydrogen (secondary N) is 1. The summed E-state index contributed by atoms with van der Waals surface area (Å²) in [6.07, 6.45) is 1.65. The minimum absolute atomic E-state index is 0.102. The molecule has 2 atom stereocenters. The van der Waals surface area contributed by atoms with Crippen LogP contribution in [-0.4, -0.2) is 17.8 Å². The van der Waals surface area contributed by atoms with E-state index in [4.69, 9.17) is 9.52 Å². The molecule has 12 heavy (non-hydrogen) atoms. The van der Waals surface area contributed by atoms with Crippen LogP contribution in [-0.2, 0) is 0 Å². The lowest BCUT2D eigenvalue weighted by Crippen LogP contribution is -2.31. The van der Waals surface area contributed by atoms with E-state index in [1.807, 2.05) is 26.0 Å². The maximum atomic E-state index is 8.79. The van der Waals surface area contributed by atoms with Gasteiger partial charge < -0.3 is 14.8 Å². The van der Waals surface area contributed by atoms with Crippen molar-refractivity contribution in [3.63, 3.8) is 0 Å². The maximum absolute atomic E-state index is 8.79. The predicted octanol–water partition coefficient (Wildman–Crippen LogP) is 1.31. The Labute approximate surface area is 72.4 Å². The first kappa shape index (κ1) is 9.29. The lowest BCUT2D eigenvalue weighted by atomic mass is 10.2. The number of furan rings is 1. The van der Waals surface area contributed by atoms with Crippen LogP contribution >= 0.6 is 0 Å². The predicted molar refractivity (Wildman–Crippen MR) is 46.8 cm³/mol. The number of aliphatic hydroxyl groups is 1. The third-order valence-electron chi connectivity index (χ3n) is 1.78. The summed E-state index contributed by atoms with van der Waals surface area (Å²) >= 11 is 0. The Morgan fingerprint density at radius 2 is 2.33 bits per heavy atom. The molecule has 3 heteroatoms. The lowest BCUT2D eigenvalue weighted by molar-refractivity contribution is 0.238. The molecule has 1 aromatic heterocycles. The first-order chi connectivity index (χ1) is 5.74. The third-order valence-corrected chi connectivity index (χ3v) is 1.78. The molecule has 0 saturated carbocycles. The van der Waals surface area contributed by atoms with E-state index in [1.165, 1.54) is 0 Å². The highest BCUT2D eigenvalue weighted by molar-refractivity contribution is 5.03. The van der Waals surface area contributed by atoms with Crippen LogP contribution in [0.15, 0.2) is 22.8 Å². The monoisotopic (exact) mass is 169 g/mol. The molecule has 0 spiro atoms. The van der Waals surface area contributed by atoms with Crippen molar-refractivity contribution in [3.05, 3.63) is 24.2 Å². The quantitative estimate of drug-likeness (QED) is 0.714. The van der Waals surface area contributed by atoms with Gasteiger partial charge in [-0.15, -0.1) is 0 Å². The van der Waals surface area contributed by atoms with E-state index in [0.29, 0.717) is 0 Å². The van der Waals surface area contributed by atoms with Crippen LogP contribution < -0.4 is 5.32 Å². The van der Waals surface area contributed by atoms with Crippen molar-refractivity contribution in [2.45, 2.75) is 25.9 Å². The summed E-state index contributed by atoms with van der Waals surface area (Å²) in [5, 5.41) is 12.0. The van der Waals surface area contributed by atoms with E-state index < -0.39 is 0 Å². The van der Waals surface area contributed by atoms with Gasteiger partial charge in [-0.05, 0) is 26.0 Å². The SMILES string of the molecule is C[C@H](CO)N[C@@H](C)c1ccco1. The summed E-state index contributed by atoms with van der Waals surface area (Å²) in [6.45, 7) is 4.08. The highest BCUT2D eigenvalue weighted by Gasteiger charge is 2.09. The zero-order chi connectivity index (χ0) is 8.97. The molecule has 0 unspecified atom stereocenters. The molecule has 0 bridgehead atoms. The third kappa shape index (κ3) is 2.36. The van der Waals surface area contributed by atoms with Crippen molar-refractivity contribution in [2.24, 2.45) is 0 Å². The molecule has 68 valence electrons. The molecule has 0 aliphatic carbocycles. The Kier molecular flexibility index (Phi) is 3.31. The summed E-state index contributed by atoms with van der Waals surface area (Å²) < 4.78 is 5.20. The normalized spacial score (nSPS) is 15.9. The van der Waals surface area contributed by atoms with Gasteiger partial charge in [-0.1, -0.05) is 0 Å². The highest BCUT2D eigenvalue weighted by atomic mass is 16.3. The smallest absolute Gasteiger partial charge is 0.120 e. The Balaban J connectivity index is 2.44. The molecule has 3 nitrogen and oxygen atoms in total. The second-order valence-corrected chi connectivity index (χ2v) is 2.99. The topological polar surface area (TPSA) is 45.4 Å². The molecule has 2 N–H and O–H groups in total. The average Bonchev–Trinajstić information content (AvgIpc) is 2.56. The van der Waals surface area contributed by atoms with Crippen molar-refractivity contribution in [1.82, 2.24) is 5.32 Å². The first-order valence-electron chi connectivity index (χ1n) is 4.14. The molecule has 0 saturated heterocycles. The van der Waals surface area contributed by atoms with Crippen LogP contribution in [0.5, 0.6) is 0 Å². The number of aliphatic hydroxyl groups excluding tert-OH is 1. The Morgan fingerprint density at radius 1 is 1.58 bits per heavy atom. The standard InChI is InChI=1S/C9H15NO2/c1-7(6-11)10-8(2)9-4-3-5-12-9/h3-5,7-8,10-11H,6H2,1-2H3/t7-,8+/m1/s1. The lowest BCUT2D eigenvalue weighted by Gasteiger charge is -2.15. The molecule has 0 aromatic carbocycles. The summed E-state index contributed by atoms with van der Waals surface area (Å²) in [7, 11) is 0. The molecule has 1 aromatic rings. The molecule has 0 amide bonds.